The maximum absolute atomic E-state index is 12.3. The summed E-state index contributed by atoms with van der Waals surface area (Å²) < 4.78 is 32.2. The molecule has 0 aliphatic rings. The minimum absolute atomic E-state index is 0.0250. The SMILES string of the molecule is CC(=O)Nc1ccc(S(=O)(=O)NCCC(=O)OCc2nc3ccccc3nc2C)cc1. The summed E-state index contributed by atoms with van der Waals surface area (Å²) in [7, 11) is -3.79. The number of anilines is 1. The summed E-state index contributed by atoms with van der Waals surface area (Å²) in [6, 6.07) is 13.1. The second-order valence-electron chi connectivity index (χ2n) is 6.76. The third-order valence-corrected chi connectivity index (χ3v) is 5.80. The third-order valence-electron chi connectivity index (χ3n) is 4.32. The summed E-state index contributed by atoms with van der Waals surface area (Å²) in [6.45, 7) is 2.99. The van der Waals surface area contributed by atoms with Crippen molar-refractivity contribution in [2.24, 2.45) is 0 Å². The standard InChI is InChI=1S/C21H22N4O5S/c1-14-20(25-19-6-4-3-5-18(19)23-14)13-30-21(27)11-12-22-31(28,29)17-9-7-16(8-10-17)24-15(2)26/h3-10,22H,11-13H2,1-2H3,(H,24,26). The smallest absolute Gasteiger partial charge is 0.307 e. The average Bonchev–Trinajstić information content (AvgIpc) is 2.72. The van der Waals surface area contributed by atoms with Crippen LogP contribution in [0.3, 0.4) is 0 Å². The van der Waals surface area contributed by atoms with Crippen molar-refractivity contribution in [2.45, 2.75) is 31.8 Å². The molecule has 0 saturated carbocycles. The van der Waals surface area contributed by atoms with Crippen molar-refractivity contribution in [3.05, 3.63) is 59.9 Å². The number of hydrogen-bond donors (Lipinski definition) is 2. The van der Waals surface area contributed by atoms with Gasteiger partial charge in [0.1, 0.15) is 6.61 Å². The van der Waals surface area contributed by atoms with Gasteiger partial charge in [-0.1, -0.05) is 12.1 Å². The van der Waals surface area contributed by atoms with Crippen molar-refractivity contribution in [3.63, 3.8) is 0 Å². The summed E-state index contributed by atoms with van der Waals surface area (Å²) >= 11 is 0. The summed E-state index contributed by atoms with van der Waals surface area (Å²) in [5.74, 6) is -0.810. The average molecular weight is 442 g/mol. The van der Waals surface area contributed by atoms with E-state index in [2.05, 4.69) is 20.0 Å². The first-order chi connectivity index (χ1) is 14.7. The Morgan fingerprint density at radius 1 is 1.00 bits per heavy atom. The van der Waals surface area contributed by atoms with Gasteiger partial charge in [-0.2, -0.15) is 0 Å². The van der Waals surface area contributed by atoms with Crippen LogP contribution in [0.5, 0.6) is 0 Å². The fourth-order valence-electron chi connectivity index (χ4n) is 2.77. The minimum Gasteiger partial charge on any atom is -0.459 e. The third kappa shape index (κ3) is 6.06. The van der Waals surface area contributed by atoms with Crippen LogP contribution in [-0.2, 0) is 31.0 Å². The van der Waals surface area contributed by atoms with Gasteiger partial charge in [0.25, 0.3) is 0 Å². The molecule has 0 saturated heterocycles. The summed E-state index contributed by atoms with van der Waals surface area (Å²) in [5, 5.41) is 2.56. The summed E-state index contributed by atoms with van der Waals surface area (Å²) in [6.07, 6.45) is -0.136. The Morgan fingerprint density at radius 3 is 2.29 bits per heavy atom. The lowest BCUT2D eigenvalue weighted by Gasteiger charge is -2.09. The number of carbonyl (C=O) groups excluding carboxylic acids is 2. The van der Waals surface area contributed by atoms with E-state index in [9.17, 15) is 18.0 Å². The van der Waals surface area contributed by atoms with E-state index in [-0.39, 0.29) is 30.4 Å². The van der Waals surface area contributed by atoms with Crippen molar-refractivity contribution in [1.29, 1.82) is 0 Å². The van der Waals surface area contributed by atoms with Crippen LogP contribution in [0.1, 0.15) is 24.7 Å². The highest BCUT2D eigenvalue weighted by Crippen LogP contribution is 2.15. The van der Waals surface area contributed by atoms with Crippen molar-refractivity contribution < 1.29 is 22.7 Å². The van der Waals surface area contributed by atoms with Crippen molar-refractivity contribution in [3.8, 4) is 0 Å². The Balaban J connectivity index is 1.50. The molecule has 10 heteroatoms. The Kier molecular flexibility index (Phi) is 6.93. The number of aryl methyl sites for hydroxylation is 1. The number of esters is 1. The minimum atomic E-state index is -3.79. The fourth-order valence-corrected chi connectivity index (χ4v) is 3.81. The number of nitrogens with one attached hydrogen (secondary N) is 2. The van der Waals surface area contributed by atoms with Crippen LogP contribution < -0.4 is 10.0 Å². The molecule has 3 rings (SSSR count). The number of carbonyl (C=O) groups is 2. The van der Waals surface area contributed by atoms with E-state index >= 15 is 0 Å². The zero-order valence-electron chi connectivity index (χ0n) is 17.1. The molecule has 2 N–H and O–H groups in total. The van der Waals surface area contributed by atoms with E-state index in [0.29, 0.717) is 22.6 Å². The van der Waals surface area contributed by atoms with Crippen LogP contribution in [0, 0.1) is 6.92 Å². The number of nitrogens with zero attached hydrogens (tertiary/aromatic N) is 2. The Bertz CT molecular complexity index is 1210. The van der Waals surface area contributed by atoms with Gasteiger partial charge in [-0.25, -0.2) is 23.1 Å². The Morgan fingerprint density at radius 2 is 1.65 bits per heavy atom. The summed E-state index contributed by atoms with van der Waals surface area (Å²) in [5.41, 5.74) is 3.16. The number of sulfonamides is 1. The van der Waals surface area contributed by atoms with Gasteiger partial charge < -0.3 is 10.1 Å². The van der Waals surface area contributed by atoms with Crippen molar-refractivity contribution in [2.75, 3.05) is 11.9 Å². The zero-order valence-corrected chi connectivity index (χ0v) is 17.9. The number of aromatic nitrogens is 2. The number of benzene rings is 2. The maximum atomic E-state index is 12.3. The predicted molar refractivity (Wildman–Crippen MR) is 115 cm³/mol. The lowest BCUT2D eigenvalue weighted by molar-refractivity contribution is -0.144. The molecule has 1 aromatic heterocycles. The first kappa shape index (κ1) is 22.3. The van der Waals surface area contributed by atoms with Gasteiger partial charge in [-0.3, -0.25) is 9.59 Å². The molecule has 0 unspecified atom stereocenters. The van der Waals surface area contributed by atoms with Crippen molar-refractivity contribution in [1.82, 2.24) is 14.7 Å². The topological polar surface area (TPSA) is 127 Å². The molecular formula is C21H22N4O5S. The van der Waals surface area contributed by atoms with Gasteiger partial charge in [-0.15, -0.1) is 0 Å². The Hall–Kier alpha value is -3.37. The van der Waals surface area contributed by atoms with E-state index in [1.165, 1.54) is 31.2 Å². The van der Waals surface area contributed by atoms with Crippen LogP contribution in [-0.4, -0.2) is 36.8 Å². The molecule has 0 radical (unpaired) electrons. The van der Waals surface area contributed by atoms with Crippen LogP contribution in [0.25, 0.3) is 11.0 Å². The molecule has 31 heavy (non-hydrogen) atoms. The normalized spacial score (nSPS) is 11.3. The number of amides is 1. The highest BCUT2D eigenvalue weighted by atomic mass is 32.2. The molecule has 0 bridgehead atoms. The van der Waals surface area contributed by atoms with E-state index in [4.69, 9.17) is 4.74 Å². The van der Waals surface area contributed by atoms with Crippen LogP contribution in [0.15, 0.2) is 53.4 Å². The molecule has 0 atom stereocenters. The highest BCUT2D eigenvalue weighted by molar-refractivity contribution is 7.89. The zero-order chi connectivity index (χ0) is 22.4. The quantitative estimate of drug-likeness (QED) is 0.512. The highest BCUT2D eigenvalue weighted by Gasteiger charge is 2.15. The Labute approximate surface area is 179 Å². The molecular weight excluding hydrogens is 420 g/mol. The number of para-hydroxylation sites is 2. The van der Waals surface area contributed by atoms with Crippen LogP contribution >= 0.6 is 0 Å². The monoisotopic (exact) mass is 442 g/mol. The maximum Gasteiger partial charge on any atom is 0.307 e. The van der Waals surface area contributed by atoms with E-state index in [1.807, 2.05) is 24.3 Å². The number of hydrogen-bond acceptors (Lipinski definition) is 7. The van der Waals surface area contributed by atoms with Gasteiger partial charge in [0.15, 0.2) is 0 Å². The molecule has 3 aromatic rings. The van der Waals surface area contributed by atoms with E-state index < -0.39 is 16.0 Å². The lowest BCUT2D eigenvalue weighted by Crippen LogP contribution is -2.26. The van der Waals surface area contributed by atoms with Gasteiger partial charge in [0.05, 0.1) is 33.7 Å². The van der Waals surface area contributed by atoms with Crippen LogP contribution in [0.2, 0.25) is 0 Å². The van der Waals surface area contributed by atoms with Gasteiger partial charge in [0.2, 0.25) is 15.9 Å². The van der Waals surface area contributed by atoms with Gasteiger partial charge >= 0.3 is 5.97 Å². The molecule has 1 heterocycles. The second kappa shape index (κ2) is 9.63. The molecule has 0 aliphatic heterocycles. The van der Waals surface area contributed by atoms with Crippen molar-refractivity contribution >= 4 is 38.6 Å². The largest absolute Gasteiger partial charge is 0.459 e. The van der Waals surface area contributed by atoms with Gasteiger partial charge in [0, 0.05) is 19.2 Å². The predicted octanol–water partition coefficient (Wildman–Crippen LogP) is 2.31. The first-order valence-electron chi connectivity index (χ1n) is 9.50. The molecule has 0 spiro atoms. The van der Waals surface area contributed by atoms with Crippen LogP contribution in [0.4, 0.5) is 5.69 Å². The molecule has 9 nitrogen and oxygen atoms in total. The molecule has 0 fully saturated rings. The number of ether oxygens (including phenoxy) is 1. The second-order valence-corrected chi connectivity index (χ2v) is 8.53. The molecule has 0 aliphatic carbocycles. The fraction of sp³-hybridized carbons (Fsp3) is 0.238. The van der Waals surface area contributed by atoms with E-state index in [0.717, 1.165) is 5.52 Å². The molecule has 162 valence electrons. The van der Waals surface area contributed by atoms with Gasteiger partial charge in [-0.05, 0) is 43.3 Å². The molecule has 1 amide bonds. The molecule has 2 aromatic carbocycles. The number of rotatable bonds is 8. The lowest BCUT2D eigenvalue weighted by atomic mass is 10.2. The first-order valence-corrected chi connectivity index (χ1v) is 11.0. The number of fused-ring (bicyclic) bond motifs is 1. The van der Waals surface area contributed by atoms with E-state index in [1.54, 1.807) is 6.92 Å². The summed E-state index contributed by atoms with van der Waals surface area (Å²) in [4.78, 5) is 32.0.